The first kappa shape index (κ1) is 16.4. The summed E-state index contributed by atoms with van der Waals surface area (Å²) in [5.41, 5.74) is 4.22. The van der Waals surface area contributed by atoms with Gasteiger partial charge in [-0.2, -0.15) is 0 Å². The number of likely N-dealkylation sites (tertiary alicyclic amines) is 1. The number of hydrogen-bond donors (Lipinski definition) is 0. The van der Waals surface area contributed by atoms with E-state index in [-0.39, 0.29) is 0 Å². The van der Waals surface area contributed by atoms with Crippen LogP contribution >= 0.6 is 0 Å². The summed E-state index contributed by atoms with van der Waals surface area (Å²) in [6, 6.07) is 20.2. The average Bonchev–Trinajstić information content (AvgIpc) is 3.18. The van der Waals surface area contributed by atoms with Crippen LogP contribution in [0.4, 0.5) is 0 Å². The van der Waals surface area contributed by atoms with Crippen molar-refractivity contribution in [3.63, 3.8) is 0 Å². The van der Waals surface area contributed by atoms with E-state index in [0.717, 1.165) is 19.6 Å². The summed E-state index contributed by atoms with van der Waals surface area (Å²) >= 11 is 0. The molecule has 0 bridgehead atoms. The van der Waals surface area contributed by atoms with Crippen molar-refractivity contribution in [1.82, 2.24) is 14.4 Å². The van der Waals surface area contributed by atoms with Crippen molar-refractivity contribution in [2.24, 2.45) is 7.05 Å². The number of benzene rings is 2. The van der Waals surface area contributed by atoms with Crippen LogP contribution in [0.3, 0.4) is 0 Å². The first-order chi connectivity index (χ1) is 12.1. The van der Waals surface area contributed by atoms with Crippen LogP contribution in [0.5, 0.6) is 0 Å². The zero-order valence-corrected chi connectivity index (χ0v) is 15.4. The van der Waals surface area contributed by atoms with Gasteiger partial charge in [-0.3, -0.25) is 4.90 Å². The molecule has 0 unspecified atom stereocenters. The maximum atomic E-state index is 2.60. The van der Waals surface area contributed by atoms with Crippen LogP contribution in [0.25, 0.3) is 10.9 Å². The SMILES string of the molecule is CN(C)[C@H]1CN(Cc2ccccc2)C[C@@H]1c1cn(C)c2ccccc12. The van der Waals surface area contributed by atoms with E-state index >= 15 is 0 Å². The number of hydrogen-bond acceptors (Lipinski definition) is 2. The van der Waals surface area contributed by atoms with E-state index in [2.05, 4.69) is 96.3 Å². The minimum absolute atomic E-state index is 0.546. The van der Waals surface area contributed by atoms with Crippen LogP contribution in [-0.2, 0) is 13.6 Å². The molecule has 2 heterocycles. The lowest BCUT2D eigenvalue weighted by Gasteiger charge is -2.25. The van der Waals surface area contributed by atoms with Crippen LogP contribution in [-0.4, -0.2) is 47.6 Å². The molecule has 0 radical (unpaired) electrons. The molecule has 25 heavy (non-hydrogen) atoms. The van der Waals surface area contributed by atoms with Crippen LogP contribution in [0, 0.1) is 0 Å². The average molecular weight is 333 g/mol. The second-order valence-corrected chi connectivity index (χ2v) is 7.53. The van der Waals surface area contributed by atoms with Crippen LogP contribution in [0.2, 0.25) is 0 Å². The third-order valence-electron chi connectivity index (χ3n) is 5.60. The quantitative estimate of drug-likeness (QED) is 0.721. The number of rotatable bonds is 4. The molecule has 1 aliphatic heterocycles. The molecule has 1 fully saturated rings. The highest BCUT2D eigenvalue weighted by Crippen LogP contribution is 2.36. The second-order valence-electron chi connectivity index (χ2n) is 7.53. The van der Waals surface area contributed by atoms with Crippen LogP contribution in [0.15, 0.2) is 60.8 Å². The van der Waals surface area contributed by atoms with Gasteiger partial charge >= 0.3 is 0 Å². The molecule has 1 aliphatic rings. The number of para-hydroxylation sites is 1. The monoisotopic (exact) mass is 333 g/mol. The van der Waals surface area contributed by atoms with Gasteiger partial charge in [-0.25, -0.2) is 0 Å². The fraction of sp³-hybridized carbons (Fsp3) is 0.364. The van der Waals surface area contributed by atoms with Crippen molar-refractivity contribution in [3.8, 4) is 0 Å². The zero-order valence-electron chi connectivity index (χ0n) is 15.4. The summed E-state index contributed by atoms with van der Waals surface area (Å²) in [6.45, 7) is 3.27. The van der Waals surface area contributed by atoms with Gasteiger partial charge < -0.3 is 9.47 Å². The molecule has 2 aromatic carbocycles. The van der Waals surface area contributed by atoms with Gasteiger partial charge in [0.05, 0.1) is 0 Å². The lowest BCUT2D eigenvalue weighted by atomic mass is 9.93. The van der Waals surface area contributed by atoms with Gasteiger partial charge in [0, 0.05) is 55.7 Å². The number of fused-ring (bicyclic) bond motifs is 1. The Morgan fingerprint density at radius 3 is 2.44 bits per heavy atom. The molecule has 3 aromatic rings. The standard InChI is InChI=1S/C22H27N3/c1-23(2)22-16-25(13-17-9-5-4-6-10-17)15-20(22)19-14-24(3)21-12-8-7-11-18(19)21/h4-12,14,20,22H,13,15-16H2,1-3H3/t20-,22+/m1/s1. The van der Waals surface area contributed by atoms with Gasteiger partial charge in [0.2, 0.25) is 0 Å². The Bertz CT molecular complexity index is 850. The fourth-order valence-electron chi connectivity index (χ4n) is 4.33. The fourth-order valence-corrected chi connectivity index (χ4v) is 4.33. The first-order valence-electron chi connectivity index (χ1n) is 9.10. The molecule has 1 saturated heterocycles. The van der Waals surface area contributed by atoms with Crippen molar-refractivity contribution in [2.75, 3.05) is 27.2 Å². The number of aryl methyl sites for hydroxylation is 1. The highest BCUT2D eigenvalue weighted by molar-refractivity contribution is 5.84. The molecular formula is C22H27N3. The van der Waals surface area contributed by atoms with Crippen LogP contribution < -0.4 is 0 Å². The molecule has 0 aliphatic carbocycles. The van der Waals surface area contributed by atoms with Gasteiger partial charge in [-0.15, -0.1) is 0 Å². The van der Waals surface area contributed by atoms with Gasteiger partial charge in [0.15, 0.2) is 0 Å². The Hall–Kier alpha value is -2.10. The Morgan fingerprint density at radius 2 is 1.68 bits per heavy atom. The molecule has 2 atom stereocenters. The van der Waals surface area contributed by atoms with E-state index in [1.807, 2.05) is 0 Å². The van der Waals surface area contributed by atoms with Crippen molar-refractivity contribution >= 4 is 10.9 Å². The van der Waals surface area contributed by atoms with Crippen molar-refractivity contribution in [3.05, 3.63) is 71.9 Å². The zero-order chi connectivity index (χ0) is 17.4. The summed E-state index contributed by atoms with van der Waals surface area (Å²) in [7, 11) is 6.59. The van der Waals surface area contributed by atoms with Gasteiger partial charge in [-0.1, -0.05) is 48.5 Å². The van der Waals surface area contributed by atoms with E-state index in [1.165, 1.54) is 22.0 Å². The highest BCUT2D eigenvalue weighted by Gasteiger charge is 2.36. The summed E-state index contributed by atoms with van der Waals surface area (Å²) in [4.78, 5) is 5.00. The topological polar surface area (TPSA) is 11.4 Å². The van der Waals surface area contributed by atoms with E-state index < -0.39 is 0 Å². The van der Waals surface area contributed by atoms with E-state index in [0.29, 0.717) is 12.0 Å². The minimum Gasteiger partial charge on any atom is -0.350 e. The Kier molecular flexibility index (Phi) is 4.36. The van der Waals surface area contributed by atoms with Crippen molar-refractivity contribution in [2.45, 2.75) is 18.5 Å². The summed E-state index contributed by atoms with van der Waals surface area (Å²) in [6.07, 6.45) is 2.35. The molecule has 4 rings (SSSR count). The van der Waals surface area contributed by atoms with E-state index in [1.54, 1.807) is 0 Å². The van der Waals surface area contributed by atoms with Gasteiger partial charge in [0.25, 0.3) is 0 Å². The molecule has 0 saturated carbocycles. The predicted octanol–water partition coefficient (Wildman–Crippen LogP) is 3.71. The van der Waals surface area contributed by atoms with Crippen molar-refractivity contribution < 1.29 is 0 Å². The molecular weight excluding hydrogens is 306 g/mol. The largest absolute Gasteiger partial charge is 0.350 e. The second kappa shape index (κ2) is 6.66. The normalized spacial score (nSPS) is 21.4. The number of likely N-dealkylation sites (N-methyl/N-ethyl adjacent to an activating group) is 1. The molecule has 1 aromatic heterocycles. The number of aromatic nitrogens is 1. The Balaban J connectivity index is 1.65. The smallest absolute Gasteiger partial charge is 0.0480 e. The molecule has 3 heteroatoms. The highest BCUT2D eigenvalue weighted by atomic mass is 15.2. The van der Waals surface area contributed by atoms with E-state index in [4.69, 9.17) is 0 Å². The summed E-state index contributed by atoms with van der Waals surface area (Å²) < 4.78 is 2.28. The lowest BCUT2D eigenvalue weighted by molar-refractivity contribution is 0.260. The van der Waals surface area contributed by atoms with E-state index in [9.17, 15) is 0 Å². The maximum absolute atomic E-state index is 2.60. The molecule has 0 N–H and O–H groups in total. The Morgan fingerprint density at radius 1 is 0.960 bits per heavy atom. The lowest BCUT2D eigenvalue weighted by Crippen LogP contribution is -2.34. The first-order valence-corrected chi connectivity index (χ1v) is 9.10. The summed E-state index contributed by atoms with van der Waals surface area (Å²) in [5.74, 6) is 0.546. The van der Waals surface area contributed by atoms with Gasteiger partial charge in [0.1, 0.15) is 0 Å². The minimum atomic E-state index is 0.546. The summed E-state index contributed by atoms with van der Waals surface area (Å²) in [5, 5.41) is 1.41. The van der Waals surface area contributed by atoms with Gasteiger partial charge in [-0.05, 0) is 31.3 Å². The van der Waals surface area contributed by atoms with Crippen molar-refractivity contribution in [1.29, 1.82) is 0 Å². The number of nitrogens with zero attached hydrogens (tertiary/aromatic N) is 3. The molecule has 0 amide bonds. The third kappa shape index (κ3) is 3.10. The predicted molar refractivity (Wildman–Crippen MR) is 105 cm³/mol. The molecule has 3 nitrogen and oxygen atoms in total. The van der Waals surface area contributed by atoms with Crippen LogP contribution in [0.1, 0.15) is 17.0 Å². The molecule has 0 spiro atoms. The Labute approximate surface area is 150 Å². The third-order valence-corrected chi connectivity index (χ3v) is 5.60. The maximum Gasteiger partial charge on any atom is 0.0480 e. The molecule has 130 valence electrons.